The lowest BCUT2D eigenvalue weighted by molar-refractivity contribution is 0.525. The van der Waals surface area contributed by atoms with E-state index in [2.05, 4.69) is 45.0 Å². The molecule has 0 heterocycles. The molecule has 0 amide bonds. The molecule has 0 aliphatic heterocycles. The fraction of sp³-hybridized carbons (Fsp3) is 0.917. The molecule has 3 heteroatoms. The van der Waals surface area contributed by atoms with Crippen LogP contribution in [0.2, 0.25) is 0 Å². The van der Waals surface area contributed by atoms with Gasteiger partial charge in [-0.3, -0.25) is 4.99 Å². The highest BCUT2D eigenvalue weighted by molar-refractivity contribution is 5.84. The fourth-order valence-corrected chi connectivity index (χ4v) is 1.59. The lowest BCUT2D eigenvalue weighted by Gasteiger charge is -2.21. The van der Waals surface area contributed by atoms with Gasteiger partial charge in [0.2, 0.25) is 0 Å². The van der Waals surface area contributed by atoms with E-state index in [0.717, 1.165) is 12.3 Å². The van der Waals surface area contributed by atoms with Crippen LogP contribution in [0.15, 0.2) is 4.99 Å². The van der Waals surface area contributed by atoms with E-state index >= 15 is 0 Å². The molecule has 0 bridgehead atoms. The highest BCUT2D eigenvalue weighted by atomic mass is 15.3. The number of rotatable bonds is 5. The van der Waals surface area contributed by atoms with Crippen molar-refractivity contribution in [3.05, 3.63) is 0 Å². The van der Waals surface area contributed by atoms with Gasteiger partial charge in [0, 0.05) is 5.92 Å². The van der Waals surface area contributed by atoms with Gasteiger partial charge in [-0.2, -0.15) is 0 Å². The van der Waals surface area contributed by atoms with E-state index in [0.29, 0.717) is 5.92 Å². The Balaban J connectivity index is 4.53. The molecule has 3 nitrogen and oxygen atoms in total. The van der Waals surface area contributed by atoms with E-state index in [4.69, 9.17) is 5.84 Å². The summed E-state index contributed by atoms with van der Waals surface area (Å²) in [4.78, 5) is 4.63. The molecular weight excluding hydrogens is 186 g/mol. The number of unbranched alkanes of at least 4 members (excludes halogenated alkanes) is 1. The Hall–Kier alpha value is -0.570. The van der Waals surface area contributed by atoms with Crippen molar-refractivity contribution in [1.82, 2.24) is 5.43 Å². The number of nitrogens with two attached hydrogens (primary N) is 1. The van der Waals surface area contributed by atoms with Gasteiger partial charge in [0.1, 0.15) is 5.84 Å². The number of hydrazine groups is 1. The molecule has 0 radical (unpaired) electrons. The van der Waals surface area contributed by atoms with E-state index in [1.165, 1.54) is 19.3 Å². The Labute approximate surface area is 94.5 Å². The summed E-state index contributed by atoms with van der Waals surface area (Å²) in [6.07, 6.45) is 4.73. The summed E-state index contributed by atoms with van der Waals surface area (Å²) < 4.78 is 0. The Morgan fingerprint density at radius 3 is 2.27 bits per heavy atom. The largest absolute Gasteiger partial charge is 0.312 e. The van der Waals surface area contributed by atoms with E-state index in [1.54, 1.807) is 0 Å². The summed E-state index contributed by atoms with van der Waals surface area (Å²) in [6.45, 7) is 10.7. The molecule has 1 atom stereocenters. The molecule has 1 unspecified atom stereocenters. The Bertz CT molecular complexity index is 192. The van der Waals surface area contributed by atoms with Gasteiger partial charge in [0.05, 0.1) is 5.54 Å². The Morgan fingerprint density at radius 1 is 1.33 bits per heavy atom. The van der Waals surface area contributed by atoms with Crippen molar-refractivity contribution >= 4 is 5.84 Å². The van der Waals surface area contributed by atoms with Crippen LogP contribution in [0.3, 0.4) is 0 Å². The van der Waals surface area contributed by atoms with Gasteiger partial charge in [-0.25, -0.2) is 5.84 Å². The van der Waals surface area contributed by atoms with Crippen LogP contribution >= 0.6 is 0 Å². The zero-order valence-corrected chi connectivity index (χ0v) is 10.9. The average Bonchev–Trinajstić information content (AvgIpc) is 2.15. The maximum absolute atomic E-state index is 5.55. The molecule has 0 aromatic heterocycles. The molecule has 0 aromatic carbocycles. The number of amidine groups is 1. The number of aliphatic imine (C=N–C) groups is 1. The Kier molecular flexibility index (Phi) is 6.57. The zero-order chi connectivity index (χ0) is 11.9. The molecule has 0 spiro atoms. The van der Waals surface area contributed by atoms with Crippen LogP contribution in [0, 0.1) is 5.92 Å². The predicted molar refractivity (Wildman–Crippen MR) is 67.8 cm³/mol. The number of nitrogens with one attached hydrogen (secondary N) is 1. The first-order valence-electron chi connectivity index (χ1n) is 6.01. The minimum Gasteiger partial charge on any atom is -0.312 e. The molecule has 0 aliphatic carbocycles. The highest BCUT2D eigenvalue weighted by Crippen LogP contribution is 2.16. The van der Waals surface area contributed by atoms with Crippen LogP contribution in [0.4, 0.5) is 0 Å². The molecule has 3 N–H and O–H groups in total. The summed E-state index contributed by atoms with van der Waals surface area (Å²) in [5.41, 5.74) is 2.71. The van der Waals surface area contributed by atoms with Gasteiger partial charge in [0.15, 0.2) is 0 Å². The maximum atomic E-state index is 5.55. The zero-order valence-electron chi connectivity index (χ0n) is 10.9. The molecule has 0 saturated carbocycles. The lowest BCUT2D eigenvalue weighted by Crippen LogP contribution is -2.38. The SMILES string of the molecule is CCCCC(CC)C(=NC(C)(C)C)NN. The summed E-state index contributed by atoms with van der Waals surface area (Å²) in [6, 6.07) is 0. The fourth-order valence-electron chi connectivity index (χ4n) is 1.59. The maximum Gasteiger partial charge on any atom is 0.114 e. The topological polar surface area (TPSA) is 50.4 Å². The molecule has 0 saturated heterocycles. The molecule has 0 aliphatic rings. The van der Waals surface area contributed by atoms with Gasteiger partial charge >= 0.3 is 0 Å². The number of nitrogens with zero attached hydrogens (tertiary/aromatic N) is 1. The molecule has 15 heavy (non-hydrogen) atoms. The molecule has 0 aromatic rings. The number of hydrogen-bond acceptors (Lipinski definition) is 2. The van der Waals surface area contributed by atoms with Crippen molar-refractivity contribution in [2.75, 3.05) is 0 Å². The molecular formula is C12H27N3. The monoisotopic (exact) mass is 213 g/mol. The number of hydrogen-bond donors (Lipinski definition) is 2. The Morgan fingerprint density at radius 2 is 1.93 bits per heavy atom. The smallest absolute Gasteiger partial charge is 0.114 e. The quantitative estimate of drug-likeness (QED) is 0.319. The minimum atomic E-state index is -0.0542. The summed E-state index contributed by atoms with van der Waals surface area (Å²) >= 11 is 0. The molecule has 0 fully saturated rings. The normalized spacial score (nSPS) is 15.2. The van der Waals surface area contributed by atoms with E-state index in [-0.39, 0.29) is 5.54 Å². The van der Waals surface area contributed by atoms with E-state index < -0.39 is 0 Å². The third kappa shape index (κ3) is 6.50. The van der Waals surface area contributed by atoms with Crippen molar-refractivity contribution in [1.29, 1.82) is 0 Å². The van der Waals surface area contributed by atoms with Gasteiger partial charge in [-0.15, -0.1) is 0 Å². The second-order valence-electron chi connectivity index (χ2n) is 5.06. The van der Waals surface area contributed by atoms with Crippen LogP contribution in [-0.4, -0.2) is 11.4 Å². The van der Waals surface area contributed by atoms with Crippen LogP contribution in [-0.2, 0) is 0 Å². The predicted octanol–water partition coefficient (Wildman–Crippen LogP) is 2.86. The van der Waals surface area contributed by atoms with Crippen molar-refractivity contribution in [3.8, 4) is 0 Å². The lowest BCUT2D eigenvalue weighted by atomic mass is 9.97. The third-order valence-corrected chi connectivity index (χ3v) is 2.39. The van der Waals surface area contributed by atoms with E-state index in [1.807, 2.05) is 0 Å². The molecule has 0 rings (SSSR count). The van der Waals surface area contributed by atoms with Crippen molar-refractivity contribution in [3.63, 3.8) is 0 Å². The standard InChI is InChI=1S/C12H27N3/c1-6-8-9-10(7-2)11(15-13)14-12(3,4)5/h10H,6-9,13H2,1-5H3,(H,14,15). The first kappa shape index (κ1) is 14.4. The van der Waals surface area contributed by atoms with Crippen LogP contribution in [0.25, 0.3) is 0 Å². The average molecular weight is 213 g/mol. The minimum absolute atomic E-state index is 0.0542. The van der Waals surface area contributed by atoms with Crippen molar-refractivity contribution in [2.24, 2.45) is 16.8 Å². The van der Waals surface area contributed by atoms with Gasteiger partial charge in [-0.1, -0.05) is 26.7 Å². The first-order chi connectivity index (χ1) is 6.94. The van der Waals surface area contributed by atoms with Gasteiger partial charge < -0.3 is 5.43 Å². The summed E-state index contributed by atoms with van der Waals surface area (Å²) in [7, 11) is 0. The molecule has 90 valence electrons. The van der Waals surface area contributed by atoms with Crippen molar-refractivity contribution < 1.29 is 0 Å². The van der Waals surface area contributed by atoms with Crippen molar-refractivity contribution in [2.45, 2.75) is 65.8 Å². The van der Waals surface area contributed by atoms with Crippen LogP contribution < -0.4 is 11.3 Å². The third-order valence-electron chi connectivity index (χ3n) is 2.39. The highest BCUT2D eigenvalue weighted by Gasteiger charge is 2.16. The summed E-state index contributed by atoms with van der Waals surface area (Å²) in [5.74, 6) is 6.98. The summed E-state index contributed by atoms with van der Waals surface area (Å²) in [5, 5.41) is 0. The van der Waals surface area contributed by atoms with Crippen LogP contribution in [0.5, 0.6) is 0 Å². The second kappa shape index (κ2) is 6.83. The van der Waals surface area contributed by atoms with Crippen LogP contribution in [0.1, 0.15) is 60.3 Å². The van der Waals surface area contributed by atoms with E-state index in [9.17, 15) is 0 Å². The van der Waals surface area contributed by atoms with Gasteiger partial charge in [-0.05, 0) is 33.6 Å². The second-order valence-corrected chi connectivity index (χ2v) is 5.06. The first-order valence-corrected chi connectivity index (χ1v) is 6.01. The van der Waals surface area contributed by atoms with Gasteiger partial charge in [0.25, 0.3) is 0 Å².